The highest BCUT2D eigenvalue weighted by atomic mass is 32.2. The molecular formula is C16H21N3O5S. The minimum Gasteiger partial charge on any atom is -0.497 e. The third-order valence-electron chi connectivity index (χ3n) is 3.40. The van der Waals surface area contributed by atoms with Crippen LogP contribution >= 0.6 is 0 Å². The van der Waals surface area contributed by atoms with Gasteiger partial charge in [-0.3, -0.25) is 4.79 Å². The van der Waals surface area contributed by atoms with Crippen LogP contribution in [0.25, 0.3) is 0 Å². The van der Waals surface area contributed by atoms with E-state index in [2.05, 4.69) is 15.5 Å². The molecule has 1 aromatic heterocycles. The Morgan fingerprint density at radius 1 is 1.24 bits per heavy atom. The second-order valence-corrected chi connectivity index (χ2v) is 7.96. The molecule has 0 fully saturated rings. The predicted octanol–water partition coefficient (Wildman–Crippen LogP) is 2.00. The maximum absolute atomic E-state index is 12.5. The molecule has 0 aliphatic carbocycles. The molecule has 1 amide bonds. The van der Waals surface area contributed by atoms with Crippen LogP contribution in [0, 0.1) is 5.92 Å². The zero-order valence-electron chi connectivity index (χ0n) is 14.5. The number of methoxy groups -OCH3 is 1. The summed E-state index contributed by atoms with van der Waals surface area (Å²) in [6, 6.07) is 6.05. The van der Waals surface area contributed by atoms with E-state index in [9.17, 15) is 13.2 Å². The van der Waals surface area contributed by atoms with Crippen molar-refractivity contribution in [1.29, 1.82) is 0 Å². The SMILES string of the molecule is COc1ccc(C(=O)N[C@@H](CC(C)C)c2nnc(S(C)(=O)=O)o2)cc1. The smallest absolute Gasteiger partial charge is 0.335 e. The number of carbonyl (C=O) groups excluding carboxylic acids is 1. The van der Waals surface area contributed by atoms with Gasteiger partial charge in [-0.2, -0.15) is 0 Å². The van der Waals surface area contributed by atoms with Crippen LogP contribution < -0.4 is 10.1 Å². The third kappa shape index (κ3) is 5.02. The molecule has 136 valence electrons. The molecule has 8 nitrogen and oxygen atoms in total. The van der Waals surface area contributed by atoms with E-state index in [-0.39, 0.29) is 17.7 Å². The van der Waals surface area contributed by atoms with Crippen molar-refractivity contribution in [3.63, 3.8) is 0 Å². The zero-order valence-corrected chi connectivity index (χ0v) is 15.3. The van der Waals surface area contributed by atoms with Gasteiger partial charge in [0.1, 0.15) is 11.8 Å². The van der Waals surface area contributed by atoms with Crippen molar-refractivity contribution in [3.05, 3.63) is 35.7 Å². The molecule has 25 heavy (non-hydrogen) atoms. The molecule has 1 heterocycles. The number of hydrogen-bond donors (Lipinski definition) is 1. The third-order valence-corrected chi connectivity index (χ3v) is 4.20. The maximum Gasteiger partial charge on any atom is 0.335 e. The van der Waals surface area contributed by atoms with Crippen molar-refractivity contribution >= 4 is 15.7 Å². The molecule has 9 heteroatoms. The zero-order chi connectivity index (χ0) is 18.6. The van der Waals surface area contributed by atoms with Crippen molar-refractivity contribution < 1.29 is 22.4 Å². The summed E-state index contributed by atoms with van der Waals surface area (Å²) in [7, 11) is -2.05. The Balaban J connectivity index is 2.22. The molecule has 0 aliphatic heterocycles. The fourth-order valence-corrected chi connectivity index (χ4v) is 2.61. The predicted molar refractivity (Wildman–Crippen MR) is 90.1 cm³/mol. The first-order valence-electron chi connectivity index (χ1n) is 7.69. The Bertz CT molecular complexity index is 828. The van der Waals surface area contributed by atoms with E-state index in [0.717, 1.165) is 6.26 Å². The molecule has 0 spiro atoms. The van der Waals surface area contributed by atoms with Crippen molar-refractivity contribution in [2.24, 2.45) is 5.92 Å². The van der Waals surface area contributed by atoms with Gasteiger partial charge in [-0.15, -0.1) is 5.10 Å². The summed E-state index contributed by atoms with van der Waals surface area (Å²) in [5.41, 5.74) is 0.442. The summed E-state index contributed by atoms with van der Waals surface area (Å²) in [6.45, 7) is 3.95. The Morgan fingerprint density at radius 3 is 2.36 bits per heavy atom. The second-order valence-electron chi connectivity index (χ2n) is 6.06. The number of hydrogen-bond acceptors (Lipinski definition) is 7. The Morgan fingerprint density at radius 2 is 1.88 bits per heavy atom. The monoisotopic (exact) mass is 367 g/mol. The number of nitrogens with one attached hydrogen (secondary N) is 1. The largest absolute Gasteiger partial charge is 0.497 e. The summed E-state index contributed by atoms with van der Waals surface area (Å²) in [5, 5.41) is 9.67. The van der Waals surface area contributed by atoms with Gasteiger partial charge in [-0.05, 0) is 36.6 Å². The van der Waals surface area contributed by atoms with Gasteiger partial charge >= 0.3 is 5.22 Å². The lowest BCUT2D eigenvalue weighted by Crippen LogP contribution is -2.29. The van der Waals surface area contributed by atoms with Gasteiger partial charge in [0, 0.05) is 11.8 Å². The van der Waals surface area contributed by atoms with Crippen molar-refractivity contribution in [3.8, 4) is 5.75 Å². The highest BCUT2D eigenvalue weighted by Crippen LogP contribution is 2.22. The number of carbonyl (C=O) groups is 1. The summed E-state index contributed by atoms with van der Waals surface area (Å²) in [4.78, 5) is 12.5. The van der Waals surface area contributed by atoms with E-state index in [1.165, 1.54) is 0 Å². The minimum absolute atomic E-state index is 0.0657. The Kier molecular flexibility index (Phi) is 5.78. The first-order chi connectivity index (χ1) is 11.7. The number of nitrogens with zero attached hydrogens (tertiary/aromatic N) is 2. The van der Waals surface area contributed by atoms with Gasteiger partial charge in [0.05, 0.1) is 7.11 Å². The number of rotatable bonds is 7. The number of amides is 1. The van der Waals surface area contributed by atoms with Crippen molar-refractivity contribution in [2.45, 2.75) is 31.5 Å². The van der Waals surface area contributed by atoms with Crippen molar-refractivity contribution in [1.82, 2.24) is 15.5 Å². The maximum atomic E-state index is 12.5. The molecular weight excluding hydrogens is 346 g/mol. The lowest BCUT2D eigenvalue weighted by atomic mass is 10.0. The number of benzene rings is 1. The van der Waals surface area contributed by atoms with Gasteiger partial charge in [-0.25, -0.2) is 8.42 Å². The average molecular weight is 367 g/mol. The van der Waals surface area contributed by atoms with Gasteiger partial charge in [-0.1, -0.05) is 18.9 Å². The summed E-state index contributed by atoms with van der Waals surface area (Å²) in [6.07, 6.45) is 1.50. The van der Waals surface area contributed by atoms with Crippen LogP contribution in [-0.4, -0.2) is 37.9 Å². The van der Waals surface area contributed by atoms with E-state index >= 15 is 0 Å². The molecule has 0 saturated heterocycles. The van der Waals surface area contributed by atoms with Gasteiger partial charge in [0.15, 0.2) is 0 Å². The quantitative estimate of drug-likeness (QED) is 0.796. The Labute approximate surface area is 146 Å². The molecule has 2 aromatic rings. The first-order valence-corrected chi connectivity index (χ1v) is 9.58. The van der Waals surface area contributed by atoms with Gasteiger partial charge in [0.25, 0.3) is 5.91 Å². The van der Waals surface area contributed by atoms with Crippen LogP contribution in [0.4, 0.5) is 0 Å². The lowest BCUT2D eigenvalue weighted by molar-refractivity contribution is 0.0923. The van der Waals surface area contributed by atoms with Crippen LogP contribution in [-0.2, 0) is 9.84 Å². The minimum atomic E-state index is -3.60. The highest BCUT2D eigenvalue weighted by Gasteiger charge is 2.25. The van der Waals surface area contributed by atoms with Gasteiger partial charge < -0.3 is 14.5 Å². The second kappa shape index (κ2) is 7.64. The number of sulfone groups is 1. The number of aromatic nitrogens is 2. The molecule has 2 rings (SSSR count). The first kappa shape index (κ1) is 18.9. The van der Waals surface area contributed by atoms with E-state index < -0.39 is 21.1 Å². The molecule has 0 radical (unpaired) electrons. The van der Waals surface area contributed by atoms with E-state index in [4.69, 9.17) is 9.15 Å². The summed E-state index contributed by atoms with van der Waals surface area (Å²) < 4.78 is 33.3. The van der Waals surface area contributed by atoms with Crippen LogP contribution in [0.3, 0.4) is 0 Å². The topological polar surface area (TPSA) is 111 Å². The normalized spacial score (nSPS) is 12.8. The number of ether oxygens (including phenoxy) is 1. The summed E-state index contributed by atoms with van der Waals surface area (Å²) in [5.74, 6) is 0.600. The van der Waals surface area contributed by atoms with E-state index in [1.54, 1.807) is 31.4 Å². The molecule has 1 aromatic carbocycles. The van der Waals surface area contributed by atoms with Crippen LogP contribution in [0.2, 0.25) is 0 Å². The molecule has 1 atom stereocenters. The van der Waals surface area contributed by atoms with Crippen LogP contribution in [0.5, 0.6) is 5.75 Å². The average Bonchev–Trinajstić information content (AvgIpc) is 3.04. The molecule has 0 aliphatic rings. The molecule has 1 N–H and O–H groups in total. The van der Waals surface area contributed by atoms with Crippen LogP contribution in [0.1, 0.15) is 42.6 Å². The standard InChI is InChI=1S/C16H21N3O5S/c1-10(2)9-13(15-18-19-16(24-15)25(4,21)22)17-14(20)11-5-7-12(23-3)8-6-11/h5-8,10,13H,9H2,1-4H3,(H,17,20)/t13-/m0/s1. The van der Waals surface area contributed by atoms with E-state index in [0.29, 0.717) is 17.7 Å². The summed E-state index contributed by atoms with van der Waals surface area (Å²) >= 11 is 0. The fourth-order valence-electron chi connectivity index (χ4n) is 2.19. The Hall–Kier alpha value is -2.42. The van der Waals surface area contributed by atoms with Crippen molar-refractivity contribution in [2.75, 3.05) is 13.4 Å². The highest BCUT2D eigenvalue weighted by molar-refractivity contribution is 7.90. The van der Waals surface area contributed by atoms with E-state index in [1.807, 2.05) is 13.8 Å². The van der Waals surface area contributed by atoms with Crippen LogP contribution in [0.15, 0.2) is 33.9 Å². The fraction of sp³-hybridized carbons (Fsp3) is 0.438. The molecule has 0 saturated carbocycles. The lowest BCUT2D eigenvalue weighted by Gasteiger charge is -2.17. The molecule has 0 bridgehead atoms. The molecule has 0 unspecified atom stereocenters. The van der Waals surface area contributed by atoms with Gasteiger partial charge in [0.2, 0.25) is 15.7 Å².